The van der Waals surface area contributed by atoms with Crippen LogP contribution in [0.2, 0.25) is 0 Å². The zero-order chi connectivity index (χ0) is 29.9. The van der Waals surface area contributed by atoms with Gasteiger partial charge in [-0.3, -0.25) is 19.7 Å². The predicted octanol–water partition coefficient (Wildman–Crippen LogP) is 8.71. The molecule has 6 aromatic rings. The number of carbonyl (C=O) groups excluding carboxylic acids is 1. The molecule has 0 amide bonds. The molecule has 0 radical (unpaired) electrons. The van der Waals surface area contributed by atoms with Crippen molar-refractivity contribution in [1.29, 1.82) is 0 Å². The van der Waals surface area contributed by atoms with Crippen LogP contribution < -0.4 is 0 Å². The van der Waals surface area contributed by atoms with E-state index in [1.165, 1.54) is 16.7 Å². The monoisotopic (exact) mass is 678 g/mol. The number of pyridine rings is 4. The molecule has 0 atom stereocenters. The molecular formula is C33H34N4O3S2Se. The Morgan fingerprint density at radius 2 is 1.21 bits per heavy atom. The Morgan fingerprint density at radius 1 is 0.721 bits per heavy atom. The van der Waals surface area contributed by atoms with Gasteiger partial charge in [-0.2, -0.15) is 0 Å². The second-order valence-corrected chi connectivity index (χ2v) is 11.8. The van der Waals surface area contributed by atoms with Crippen LogP contribution in [-0.4, -0.2) is 52.5 Å². The Balaban J connectivity index is 0.000000212. The van der Waals surface area contributed by atoms with Crippen molar-refractivity contribution in [2.45, 2.75) is 50.8 Å². The molecule has 4 aromatic heterocycles. The average Bonchev–Trinajstić information content (AvgIpc) is 3.02. The summed E-state index contributed by atoms with van der Waals surface area (Å²) in [5.74, 6) is 2.16. The van der Waals surface area contributed by atoms with Gasteiger partial charge in [0.2, 0.25) is 0 Å². The molecular weight excluding hydrogens is 643 g/mol. The quantitative estimate of drug-likeness (QED) is 0.0710. The second-order valence-electron chi connectivity index (χ2n) is 9.26. The molecule has 4 heterocycles. The van der Waals surface area contributed by atoms with E-state index in [-0.39, 0.29) is 7.43 Å². The standard InChI is InChI=1S/C16H14N2OS.C16H16N2S.CH4.O2Se/c1-2-8-20-14-9-12(10-19)18-16-13(14)6-5-11-4-3-7-17-15(11)16;1-3-9-19-14-10-11(2)18-16-13(14)7-6-12-5-4-8-17-15(12)16;;1-3-2/h3-7,9-10H,2,8H2,1H3;4-8,10H,3,9H2,1-2H3;1H4;. The van der Waals surface area contributed by atoms with Gasteiger partial charge in [0.25, 0.3) is 0 Å². The van der Waals surface area contributed by atoms with E-state index in [1.54, 1.807) is 18.0 Å². The van der Waals surface area contributed by atoms with Crippen molar-refractivity contribution in [3.8, 4) is 0 Å². The normalized spacial score (nSPS) is 10.4. The van der Waals surface area contributed by atoms with Crippen molar-refractivity contribution < 1.29 is 12.5 Å². The number of hydrogen-bond acceptors (Lipinski definition) is 9. The summed E-state index contributed by atoms with van der Waals surface area (Å²) >= 11 is 2.04. The first kappa shape index (κ1) is 34.1. The second kappa shape index (κ2) is 17.0. The number of aromatic nitrogens is 4. The van der Waals surface area contributed by atoms with Gasteiger partial charge in [0.05, 0.1) is 22.1 Å². The molecule has 0 spiro atoms. The molecule has 7 nitrogen and oxygen atoms in total. The van der Waals surface area contributed by atoms with Crippen molar-refractivity contribution in [2.24, 2.45) is 0 Å². The Kier molecular flexibility index (Phi) is 13.5. The van der Waals surface area contributed by atoms with Crippen molar-refractivity contribution in [3.63, 3.8) is 0 Å². The van der Waals surface area contributed by atoms with Crippen LogP contribution in [0.4, 0.5) is 0 Å². The fourth-order valence-corrected chi connectivity index (χ4v) is 6.40. The number of carbonyl (C=O) groups is 1. The number of rotatable bonds is 7. The number of nitrogens with zero attached hydrogens (tertiary/aromatic N) is 4. The molecule has 0 aliphatic rings. The molecule has 222 valence electrons. The Bertz CT molecular complexity index is 1900. The van der Waals surface area contributed by atoms with E-state index in [9.17, 15) is 4.79 Å². The molecule has 0 N–H and O–H groups in total. The SMILES string of the molecule is C.CCCSc1cc(C)nc2c1ccc1cccnc12.CCCSc1cc(C=O)nc2c1ccc1cccnc12.O=[Se]=O. The zero-order valence-corrected chi connectivity index (χ0v) is 26.9. The molecule has 6 rings (SSSR count). The molecule has 0 aliphatic carbocycles. The third-order valence-corrected chi connectivity index (χ3v) is 8.74. The molecule has 0 fully saturated rings. The topological polar surface area (TPSA) is 103 Å². The maximum atomic E-state index is 11.1. The minimum absolute atomic E-state index is 0. The van der Waals surface area contributed by atoms with Gasteiger partial charge in [0.15, 0.2) is 6.29 Å². The van der Waals surface area contributed by atoms with Crippen molar-refractivity contribution >= 4 is 88.2 Å². The fraction of sp³-hybridized carbons (Fsp3) is 0.242. The summed E-state index contributed by atoms with van der Waals surface area (Å²) in [6, 6.07) is 20.5. The van der Waals surface area contributed by atoms with Crippen LogP contribution in [0.25, 0.3) is 43.6 Å². The average molecular weight is 678 g/mol. The number of aldehydes is 1. The van der Waals surface area contributed by atoms with Crippen LogP contribution in [0.3, 0.4) is 0 Å². The van der Waals surface area contributed by atoms with Gasteiger partial charge >= 0.3 is 22.5 Å². The maximum absolute atomic E-state index is 11.1. The first-order chi connectivity index (χ1) is 20.5. The van der Waals surface area contributed by atoms with Crippen molar-refractivity contribution in [3.05, 3.63) is 84.4 Å². The summed E-state index contributed by atoms with van der Waals surface area (Å²) in [4.78, 5) is 31.6. The summed E-state index contributed by atoms with van der Waals surface area (Å²) in [5, 5.41) is 4.48. The van der Waals surface area contributed by atoms with Crippen LogP contribution in [0.5, 0.6) is 0 Å². The Morgan fingerprint density at radius 3 is 1.70 bits per heavy atom. The number of fused-ring (bicyclic) bond motifs is 6. The fourth-order valence-electron chi connectivity index (χ4n) is 4.46. The van der Waals surface area contributed by atoms with Crippen LogP contribution in [-0.2, 0) is 7.67 Å². The van der Waals surface area contributed by atoms with E-state index < -0.39 is 14.8 Å². The van der Waals surface area contributed by atoms with Crippen LogP contribution in [0.15, 0.2) is 82.8 Å². The first-order valence-electron chi connectivity index (χ1n) is 13.5. The summed E-state index contributed by atoms with van der Waals surface area (Å²) in [6.45, 7) is 6.41. The van der Waals surface area contributed by atoms with E-state index >= 15 is 0 Å². The molecule has 0 saturated heterocycles. The van der Waals surface area contributed by atoms with Crippen LogP contribution in [0, 0.1) is 6.92 Å². The Hall–Kier alpha value is -3.43. The van der Waals surface area contributed by atoms with Gasteiger partial charge in [-0.25, -0.2) is 4.98 Å². The molecule has 0 saturated carbocycles. The number of hydrogen-bond donors (Lipinski definition) is 0. The van der Waals surface area contributed by atoms with E-state index in [0.717, 1.165) is 73.0 Å². The zero-order valence-electron chi connectivity index (χ0n) is 23.6. The summed E-state index contributed by atoms with van der Waals surface area (Å²) in [5.41, 5.74) is 5.22. The van der Waals surface area contributed by atoms with Crippen molar-refractivity contribution in [2.75, 3.05) is 11.5 Å². The summed E-state index contributed by atoms with van der Waals surface area (Å²) < 4.78 is 16.9. The predicted molar refractivity (Wildman–Crippen MR) is 180 cm³/mol. The van der Waals surface area contributed by atoms with Crippen LogP contribution in [0.1, 0.15) is 50.3 Å². The van der Waals surface area contributed by atoms with E-state index in [4.69, 9.17) is 12.7 Å². The molecule has 10 heteroatoms. The minimum atomic E-state index is -1.62. The van der Waals surface area contributed by atoms with E-state index in [0.29, 0.717) is 5.69 Å². The van der Waals surface area contributed by atoms with Gasteiger partial charge in [0.1, 0.15) is 5.69 Å². The molecule has 2 aromatic carbocycles. The summed E-state index contributed by atoms with van der Waals surface area (Å²) in [7, 11) is 0. The van der Waals surface area contributed by atoms with Crippen LogP contribution >= 0.6 is 23.5 Å². The van der Waals surface area contributed by atoms with E-state index in [1.807, 2.05) is 42.2 Å². The molecule has 0 bridgehead atoms. The molecule has 0 unspecified atom stereocenters. The number of benzene rings is 2. The first-order valence-corrected chi connectivity index (χ1v) is 16.9. The third-order valence-electron chi connectivity index (χ3n) is 6.22. The third kappa shape index (κ3) is 8.36. The van der Waals surface area contributed by atoms with Gasteiger partial charge in [-0.05, 0) is 55.5 Å². The van der Waals surface area contributed by atoms with Gasteiger partial charge in [-0.15, -0.1) is 23.5 Å². The summed E-state index contributed by atoms with van der Waals surface area (Å²) in [6.07, 6.45) is 6.67. The van der Waals surface area contributed by atoms with Gasteiger partial charge in [-0.1, -0.05) is 57.7 Å². The number of aryl methyl sites for hydroxylation is 1. The van der Waals surface area contributed by atoms with E-state index in [2.05, 4.69) is 72.1 Å². The molecule has 0 aliphatic heterocycles. The van der Waals surface area contributed by atoms with Crippen molar-refractivity contribution in [1.82, 2.24) is 19.9 Å². The molecule has 43 heavy (non-hydrogen) atoms. The van der Waals surface area contributed by atoms with Gasteiger partial charge in [0, 0.05) is 49.4 Å². The number of thioether (sulfide) groups is 2. The van der Waals surface area contributed by atoms with Gasteiger partial charge < -0.3 is 0 Å². The Labute approximate surface area is 266 Å².